The number of nitro benzene ring substituents is 1. The van der Waals surface area contributed by atoms with Crippen molar-refractivity contribution in [1.82, 2.24) is 4.98 Å². The summed E-state index contributed by atoms with van der Waals surface area (Å²) in [6.07, 6.45) is 0. The van der Waals surface area contributed by atoms with E-state index in [1.54, 1.807) is 23.5 Å². The van der Waals surface area contributed by atoms with Gasteiger partial charge in [-0.2, -0.15) is 0 Å². The lowest BCUT2D eigenvalue weighted by molar-refractivity contribution is -0.384. The number of hydrogen-bond acceptors (Lipinski definition) is 4. The molecule has 0 atom stereocenters. The Labute approximate surface area is 117 Å². The first-order valence-electron chi connectivity index (χ1n) is 6.08. The van der Waals surface area contributed by atoms with E-state index in [4.69, 9.17) is 0 Å². The molecular weight excluding hydrogens is 272 g/mol. The fourth-order valence-corrected chi connectivity index (χ4v) is 3.39. The molecule has 5 heteroatoms. The molecule has 20 heavy (non-hydrogen) atoms. The molecule has 0 unspecified atom stereocenters. The van der Waals surface area contributed by atoms with Crippen molar-refractivity contribution >= 4 is 38.0 Å². The van der Waals surface area contributed by atoms with Gasteiger partial charge in [0.1, 0.15) is 0 Å². The molecule has 0 amide bonds. The fourth-order valence-electron chi connectivity index (χ4n) is 2.47. The maximum absolute atomic E-state index is 10.9. The zero-order valence-electron chi connectivity index (χ0n) is 10.2. The minimum absolute atomic E-state index is 0.101. The van der Waals surface area contributed by atoms with E-state index in [0.29, 0.717) is 0 Å². The summed E-state index contributed by atoms with van der Waals surface area (Å²) < 4.78 is 1.01. The van der Waals surface area contributed by atoms with E-state index in [2.05, 4.69) is 10.4 Å². The highest BCUT2D eigenvalue weighted by Gasteiger charge is 2.17. The SMILES string of the molecule is O=[N+]([O-])c1ccc2scc3c4ccccc4nc-3c2c1. The summed E-state index contributed by atoms with van der Waals surface area (Å²) in [5.74, 6) is 0. The zero-order chi connectivity index (χ0) is 13.7. The molecule has 0 N–H and O–H groups in total. The molecule has 0 aromatic heterocycles. The van der Waals surface area contributed by atoms with E-state index in [-0.39, 0.29) is 10.6 Å². The van der Waals surface area contributed by atoms with Crippen LogP contribution in [-0.4, -0.2) is 9.91 Å². The van der Waals surface area contributed by atoms with Crippen molar-refractivity contribution < 1.29 is 4.92 Å². The van der Waals surface area contributed by atoms with E-state index in [1.165, 1.54) is 6.07 Å². The third-order valence-electron chi connectivity index (χ3n) is 3.41. The minimum atomic E-state index is -0.369. The number of nitro groups is 1. The van der Waals surface area contributed by atoms with Crippen molar-refractivity contribution in [2.45, 2.75) is 0 Å². The van der Waals surface area contributed by atoms with Crippen molar-refractivity contribution in [3.8, 4) is 11.3 Å². The van der Waals surface area contributed by atoms with Gasteiger partial charge in [0.05, 0.1) is 16.1 Å². The number of non-ortho nitro benzene ring substituents is 1. The maximum atomic E-state index is 10.9. The van der Waals surface area contributed by atoms with Crippen LogP contribution >= 0.6 is 11.3 Å². The maximum Gasteiger partial charge on any atom is 0.270 e. The Morgan fingerprint density at radius 2 is 1.95 bits per heavy atom. The summed E-state index contributed by atoms with van der Waals surface area (Å²) in [6, 6.07) is 12.8. The summed E-state index contributed by atoms with van der Waals surface area (Å²) in [7, 11) is 0. The minimum Gasteiger partial charge on any atom is -0.258 e. The Morgan fingerprint density at radius 1 is 1.10 bits per heavy atom. The quantitative estimate of drug-likeness (QED) is 0.382. The number of aromatic nitrogens is 1. The van der Waals surface area contributed by atoms with Gasteiger partial charge in [0.15, 0.2) is 0 Å². The van der Waals surface area contributed by atoms with Gasteiger partial charge in [0, 0.05) is 38.5 Å². The predicted octanol–water partition coefficient (Wildman–Crippen LogP) is 4.46. The Hall–Kier alpha value is -2.53. The molecular formula is C15H8N2O2S. The molecule has 0 fully saturated rings. The molecule has 96 valence electrons. The molecule has 0 saturated carbocycles. The van der Waals surface area contributed by atoms with Gasteiger partial charge >= 0.3 is 0 Å². The topological polar surface area (TPSA) is 56.0 Å². The van der Waals surface area contributed by atoms with Gasteiger partial charge in [-0.25, -0.2) is 4.98 Å². The number of para-hydroxylation sites is 1. The molecule has 2 aliphatic rings. The third-order valence-corrected chi connectivity index (χ3v) is 4.38. The number of rotatable bonds is 1. The normalized spacial score (nSPS) is 11.4. The summed E-state index contributed by atoms with van der Waals surface area (Å²) in [5, 5.41) is 14.9. The molecule has 2 heterocycles. The van der Waals surface area contributed by atoms with E-state index in [1.807, 2.05) is 24.3 Å². The molecule has 0 saturated heterocycles. The highest BCUT2D eigenvalue weighted by molar-refractivity contribution is 7.17. The highest BCUT2D eigenvalue weighted by atomic mass is 32.1. The lowest BCUT2D eigenvalue weighted by atomic mass is 10.1. The summed E-state index contributed by atoms with van der Waals surface area (Å²) in [4.78, 5) is 15.2. The van der Waals surface area contributed by atoms with Gasteiger partial charge in [-0.3, -0.25) is 10.1 Å². The molecule has 2 aromatic rings. The lowest BCUT2D eigenvalue weighted by Crippen LogP contribution is -1.88. The van der Waals surface area contributed by atoms with E-state index in [9.17, 15) is 10.1 Å². The second-order valence-electron chi connectivity index (χ2n) is 4.56. The van der Waals surface area contributed by atoms with Gasteiger partial charge in [0.2, 0.25) is 0 Å². The predicted molar refractivity (Wildman–Crippen MR) is 80.4 cm³/mol. The lowest BCUT2D eigenvalue weighted by Gasteiger charge is -2.03. The second kappa shape index (κ2) is 3.98. The van der Waals surface area contributed by atoms with E-state index < -0.39 is 0 Å². The van der Waals surface area contributed by atoms with Crippen LogP contribution in [0.3, 0.4) is 0 Å². The van der Waals surface area contributed by atoms with Crippen LogP contribution in [0.5, 0.6) is 0 Å². The van der Waals surface area contributed by atoms with Crippen LogP contribution in [0, 0.1) is 10.1 Å². The Kier molecular flexibility index (Phi) is 2.25. The Balaban J connectivity index is 2.16. The van der Waals surface area contributed by atoms with E-state index in [0.717, 1.165) is 32.2 Å². The van der Waals surface area contributed by atoms with Crippen molar-refractivity contribution in [1.29, 1.82) is 0 Å². The van der Waals surface area contributed by atoms with Crippen LogP contribution in [0.15, 0.2) is 47.8 Å². The average Bonchev–Trinajstić information content (AvgIpc) is 2.85. The molecule has 4 rings (SSSR count). The van der Waals surface area contributed by atoms with Gasteiger partial charge in [-0.05, 0) is 12.1 Å². The van der Waals surface area contributed by atoms with Crippen molar-refractivity contribution in [2.24, 2.45) is 0 Å². The second-order valence-corrected chi connectivity index (χ2v) is 5.48. The largest absolute Gasteiger partial charge is 0.270 e. The van der Waals surface area contributed by atoms with Crippen LogP contribution in [-0.2, 0) is 0 Å². The molecule has 4 nitrogen and oxygen atoms in total. The fraction of sp³-hybridized carbons (Fsp3) is 0. The van der Waals surface area contributed by atoms with Gasteiger partial charge in [-0.1, -0.05) is 18.2 Å². The molecule has 2 aliphatic heterocycles. The van der Waals surface area contributed by atoms with Crippen LogP contribution in [0.25, 0.3) is 32.2 Å². The number of benzene rings is 2. The van der Waals surface area contributed by atoms with Crippen molar-refractivity contribution in [3.63, 3.8) is 0 Å². The number of fused-ring (bicyclic) bond motifs is 5. The number of hydrogen-bond donors (Lipinski definition) is 0. The van der Waals surface area contributed by atoms with Crippen LogP contribution in [0.2, 0.25) is 0 Å². The van der Waals surface area contributed by atoms with E-state index >= 15 is 0 Å². The molecule has 0 spiro atoms. The first-order chi connectivity index (χ1) is 9.74. The molecule has 0 bridgehead atoms. The number of nitrogens with zero attached hydrogens (tertiary/aromatic N) is 2. The van der Waals surface area contributed by atoms with Crippen molar-refractivity contribution in [2.75, 3.05) is 0 Å². The first kappa shape index (κ1) is 11.3. The third kappa shape index (κ3) is 1.50. The Bertz CT molecular complexity index is 945. The molecule has 0 radical (unpaired) electrons. The average molecular weight is 280 g/mol. The molecule has 0 aliphatic carbocycles. The first-order valence-corrected chi connectivity index (χ1v) is 6.96. The van der Waals surface area contributed by atoms with Crippen molar-refractivity contribution in [3.05, 3.63) is 58.0 Å². The standard InChI is InChI=1S/C15H8N2O2S/c18-17(19)9-5-6-14-11(7-9)15-12(8-20-14)10-3-1-2-4-13(10)16-15/h1-8H. The van der Waals surface area contributed by atoms with Crippen LogP contribution < -0.4 is 0 Å². The summed E-state index contributed by atoms with van der Waals surface area (Å²) in [5.41, 5.74) is 2.92. The smallest absolute Gasteiger partial charge is 0.258 e. The van der Waals surface area contributed by atoms with Gasteiger partial charge in [-0.15, -0.1) is 11.3 Å². The zero-order valence-corrected chi connectivity index (χ0v) is 11.1. The monoisotopic (exact) mass is 280 g/mol. The van der Waals surface area contributed by atoms with Crippen LogP contribution in [0.1, 0.15) is 0 Å². The Morgan fingerprint density at radius 3 is 2.80 bits per heavy atom. The molecule has 2 aromatic carbocycles. The summed E-state index contributed by atoms with van der Waals surface area (Å²) in [6.45, 7) is 0. The highest BCUT2D eigenvalue weighted by Crippen LogP contribution is 2.39. The van der Waals surface area contributed by atoms with Gasteiger partial charge < -0.3 is 0 Å². The van der Waals surface area contributed by atoms with Gasteiger partial charge in [0.25, 0.3) is 5.69 Å². The summed E-state index contributed by atoms with van der Waals surface area (Å²) >= 11 is 1.58. The van der Waals surface area contributed by atoms with Crippen LogP contribution in [0.4, 0.5) is 5.69 Å².